The number of piperidine rings is 1. The van der Waals surface area contributed by atoms with Crippen molar-refractivity contribution in [3.63, 3.8) is 0 Å². The maximum atomic E-state index is 9.29. The molecule has 2 heteroatoms. The monoisotopic (exact) mass is 211 g/mol. The Morgan fingerprint density at radius 3 is 2.27 bits per heavy atom. The van der Waals surface area contributed by atoms with E-state index in [1.807, 2.05) is 0 Å². The van der Waals surface area contributed by atoms with Crippen LogP contribution in [0.25, 0.3) is 0 Å². The van der Waals surface area contributed by atoms with Gasteiger partial charge in [0.1, 0.15) is 0 Å². The standard InChI is InChI=1S/C13H25NO/c1-10(2)7-11-3-5-14(6-4-11)12-8-13(15)9-12/h10-13,15H,3-9H2,1-2H3. The minimum Gasteiger partial charge on any atom is -0.393 e. The molecule has 2 aliphatic rings. The molecule has 1 N–H and O–H groups in total. The van der Waals surface area contributed by atoms with Crippen LogP contribution in [-0.4, -0.2) is 35.2 Å². The molecule has 15 heavy (non-hydrogen) atoms. The van der Waals surface area contributed by atoms with E-state index in [-0.39, 0.29) is 6.10 Å². The maximum absolute atomic E-state index is 9.29. The Morgan fingerprint density at radius 1 is 1.20 bits per heavy atom. The molecular formula is C13H25NO. The molecule has 0 aromatic rings. The Kier molecular flexibility index (Phi) is 3.68. The number of likely N-dealkylation sites (tertiary alicyclic amines) is 1. The molecule has 1 heterocycles. The lowest BCUT2D eigenvalue weighted by Gasteiger charge is -2.44. The van der Waals surface area contributed by atoms with Crippen molar-refractivity contribution < 1.29 is 5.11 Å². The van der Waals surface area contributed by atoms with Crippen molar-refractivity contribution in [2.75, 3.05) is 13.1 Å². The van der Waals surface area contributed by atoms with E-state index in [2.05, 4.69) is 18.7 Å². The Hall–Kier alpha value is -0.0800. The van der Waals surface area contributed by atoms with Gasteiger partial charge in [-0.3, -0.25) is 0 Å². The highest BCUT2D eigenvalue weighted by molar-refractivity contribution is 4.89. The SMILES string of the molecule is CC(C)CC1CCN(C2CC(O)C2)CC1. The van der Waals surface area contributed by atoms with Crippen LogP contribution in [0.4, 0.5) is 0 Å². The Bertz CT molecular complexity index is 191. The molecule has 1 aliphatic carbocycles. The van der Waals surface area contributed by atoms with Crippen molar-refractivity contribution in [1.82, 2.24) is 4.90 Å². The van der Waals surface area contributed by atoms with Crippen LogP contribution in [0.15, 0.2) is 0 Å². The smallest absolute Gasteiger partial charge is 0.0570 e. The van der Waals surface area contributed by atoms with Crippen LogP contribution in [0.3, 0.4) is 0 Å². The van der Waals surface area contributed by atoms with Crippen LogP contribution in [-0.2, 0) is 0 Å². The summed E-state index contributed by atoms with van der Waals surface area (Å²) in [6.07, 6.45) is 6.21. The first kappa shape index (κ1) is 11.4. The fourth-order valence-corrected chi connectivity index (χ4v) is 3.08. The largest absolute Gasteiger partial charge is 0.393 e. The highest BCUT2D eigenvalue weighted by Crippen LogP contribution is 2.31. The van der Waals surface area contributed by atoms with E-state index in [1.165, 1.54) is 32.4 Å². The molecule has 0 amide bonds. The predicted octanol–water partition coefficient (Wildman–Crippen LogP) is 2.27. The lowest BCUT2D eigenvalue weighted by Crippen LogP contribution is -2.50. The molecule has 1 aliphatic heterocycles. The quantitative estimate of drug-likeness (QED) is 0.774. The molecule has 0 bridgehead atoms. The van der Waals surface area contributed by atoms with Crippen molar-refractivity contribution >= 4 is 0 Å². The van der Waals surface area contributed by atoms with Gasteiger partial charge >= 0.3 is 0 Å². The fraction of sp³-hybridized carbons (Fsp3) is 1.00. The molecule has 0 unspecified atom stereocenters. The molecule has 0 atom stereocenters. The van der Waals surface area contributed by atoms with Gasteiger partial charge in [0.15, 0.2) is 0 Å². The van der Waals surface area contributed by atoms with Gasteiger partial charge in [-0.05, 0) is 57.0 Å². The van der Waals surface area contributed by atoms with Crippen molar-refractivity contribution in [1.29, 1.82) is 0 Å². The second-order valence-electron chi connectivity index (χ2n) is 5.89. The first-order valence-corrected chi connectivity index (χ1v) is 6.57. The molecule has 2 rings (SSSR count). The van der Waals surface area contributed by atoms with Gasteiger partial charge in [-0.25, -0.2) is 0 Å². The zero-order chi connectivity index (χ0) is 10.8. The molecule has 0 aromatic heterocycles. The molecule has 1 saturated carbocycles. The van der Waals surface area contributed by atoms with Crippen molar-refractivity contribution in [3.8, 4) is 0 Å². The molecule has 1 saturated heterocycles. The van der Waals surface area contributed by atoms with Crippen molar-refractivity contribution in [2.24, 2.45) is 11.8 Å². The van der Waals surface area contributed by atoms with E-state index in [9.17, 15) is 5.11 Å². The van der Waals surface area contributed by atoms with Crippen LogP contribution < -0.4 is 0 Å². The summed E-state index contributed by atoms with van der Waals surface area (Å²) in [5, 5.41) is 9.29. The summed E-state index contributed by atoms with van der Waals surface area (Å²) >= 11 is 0. The molecular weight excluding hydrogens is 186 g/mol. The van der Waals surface area contributed by atoms with E-state index >= 15 is 0 Å². The maximum Gasteiger partial charge on any atom is 0.0570 e. The number of aliphatic hydroxyl groups excluding tert-OH is 1. The van der Waals surface area contributed by atoms with Crippen LogP contribution in [0, 0.1) is 11.8 Å². The normalized spacial score (nSPS) is 34.4. The van der Waals surface area contributed by atoms with Gasteiger partial charge in [0.25, 0.3) is 0 Å². The third kappa shape index (κ3) is 2.94. The van der Waals surface area contributed by atoms with E-state index in [0.29, 0.717) is 6.04 Å². The second-order valence-corrected chi connectivity index (χ2v) is 5.89. The highest BCUT2D eigenvalue weighted by atomic mass is 16.3. The van der Waals surface area contributed by atoms with Gasteiger partial charge in [0.05, 0.1) is 6.10 Å². The number of rotatable bonds is 3. The van der Waals surface area contributed by atoms with E-state index < -0.39 is 0 Å². The summed E-state index contributed by atoms with van der Waals surface area (Å²) in [4.78, 5) is 2.60. The summed E-state index contributed by atoms with van der Waals surface area (Å²) in [6.45, 7) is 7.20. The van der Waals surface area contributed by atoms with Gasteiger partial charge in [0, 0.05) is 6.04 Å². The van der Waals surface area contributed by atoms with Crippen LogP contribution >= 0.6 is 0 Å². The van der Waals surface area contributed by atoms with Gasteiger partial charge in [-0.1, -0.05) is 13.8 Å². The second kappa shape index (κ2) is 4.84. The first-order chi connectivity index (χ1) is 7.15. The van der Waals surface area contributed by atoms with Gasteiger partial charge < -0.3 is 10.0 Å². The number of aliphatic hydroxyl groups is 1. The summed E-state index contributed by atoms with van der Waals surface area (Å²) in [6, 6.07) is 0.708. The lowest BCUT2D eigenvalue weighted by molar-refractivity contribution is -0.0126. The van der Waals surface area contributed by atoms with Gasteiger partial charge in [-0.2, -0.15) is 0 Å². The summed E-state index contributed by atoms with van der Waals surface area (Å²) in [5.41, 5.74) is 0. The first-order valence-electron chi connectivity index (χ1n) is 6.57. The highest BCUT2D eigenvalue weighted by Gasteiger charge is 2.34. The summed E-state index contributed by atoms with van der Waals surface area (Å²) < 4.78 is 0. The van der Waals surface area contributed by atoms with Crippen LogP contribution in [0.5, 0.6) is 0 Å². The third-order valence-corrected chi connectivity index (χ3v) is 4.06. The number of nitrogens with zero attached hydrogens (tertiary/aromatic N) is 1. The molecule has 0 radical (unpaired) electrons. The minimum atomic E-state index is 0.00314. The van der Waals surface area contributed by atoms with E-state index in [1.54, 1.807) is 0 Å². The minimum absolute atomic E-state index is 0.00314. The average molecular weight is 211 g/mol. The van der Waals surface area contributed by atoms with Gasteiger partial charge in [0.2, 0.25) is 0 Å². The lowest BCUT2D eigenvalue weighted by atomic mass is 9.83. The molecule has 0 aromatic carbocycles. The van der Waals surface area contributed by atoms with Crippen molar-refractivity contribution in [2.45, 2.75) is 58.1 Å². The third-order valence-electron chi connectivity index (χ3n) is 4.06. The zero-order valence-corrected chi connectivity index (χ0v) is 10.2. The molecule has 0 spiro atoms. The Morgan fingerprint density at radius 2 is 1.80 bits per heavy atom. The Balaban J connectivity index is 1.68. The van der Waals surface area contributed by atoms with Crippen molar-refractivity contribution in [3.05, 3.63) is 0 Å². The fourth-order valence-electron chi connectivity index (χ4n) is 3.08. The Labute approximate surface area is 93.7 Å². The van der Waals surface area contributed by atoms with Crippen LogP contribution in [0.2, 0.25) is 0 Å². The average Bonchev–Trinajstić information content (AvgIpc) is 2.14. The summed E-state index contributed by atoms with van der Waals surface area (Å²) in [7, 11) is 0. The molecule has 88 valence electrons. The van der Waals surface area contributed by atoms with Crippen LogP contribution in [0.1, 0.15) is 46.0 Å². The molecule has 2 nitrogen and oxygen atoms in total. The zero-order valence-electron chi connectivity index (χ0n) is 10.2. The summed E-state index contributed by atoms with van der Waals surface area (Å²) in [5.74, 6) is 1.82. The predicted molar refractivity (Wildman–Crippen MR) is 62.8 cm³/mol. The van der Waals surface area contributed by atoms with E-state index in [4.69, 9.17) is 0 Å². The number of hydrogen-bond donors (Lipinski definition) is 1. The topological polar surface area (TPSA) is 23.5 Å². The van der Waals surface area contributed by atoms with Gasteiger partial charge in [-0.15, -0.1) is 0 Å². The number of hydrogen-bond acceptors (Lipinski definition) is 2. The van der Waals surface area contributed by atoms with E-state index in [0.717, 1.165) is 24.7 Å². The molecule has 2 fully saturated rings.